The molecule has 2 heteroatoms. The zero-order valence-corrected chi connectivity index (χ0v) is 7.30. The van der Waals surface area contributed by atoms with Crippen molar-refractivity contribution in [3.8, 4) is 0 Å². The van der Waals surface area contributed by atoms with Gasteiger partial charge in [0.05, 0.1) is 0 Å². The first-order chi connectivity index (χ1) is 5.63. The Morgan fingerprint density at radius 2 is 2.00 bits per heavy atom. The molecule has 1 aromatic carbocycles. The summed E-state index contributed by atoms with van der Waals surface area (Å²) in [5, 5.41) is 0. The van der Waals surface area contributed by atoms with Gasteiger partial charge in [-0.25, -0.2) is 0 Å². The van der Waals surface area contributed by atoms with Gasteiger partial charge in [-0.2, -0.15) is 0 Å². The van der Waals surface area contributed by atoms with Crippen molar-refractivity contribution in [3.63, 3.8) is 0 Å². The molecule has 2 rings (SSSR count). The van der Waals surface area contributed by atoms with Crippen molar-refractivity contribution in [2.24, 2.45) is 5.73 Å². The van der Waals surface area contributed by atoms with Crippen molar-refractivity contribution in [1.82, 2.24) is 0 Å². The summed E-state index contributed by atoms with van der Waals surface area (Å²) in [5.74, 6) is 0. The summed E-state index contributed by atoms with van der Waals surface area (Å²) in [6.45, 7) is 2.04. The molecule has 1 aliphatic rings. The molecule has 0 unspecified atom stereocenters. The van der Waals surface area contributed by atoms with Crippen molar-refractivity contribution in [2.75, 3.05) is 5.73 Å². The van der Waals surface area contributed by atoms with Gasteiger partial charge >= 0.3 is 0 Å². The van der Waals surface area contributed by atoms with Crippen LogP contribution < -0.4 is 11.5 Å². The van der Waals surface area contributed by atoms with Gasteiger partial charge in [0.2, 0.25) is 0 Å². The molecule has 1 aromatic rings. The Morgan fingerprint density at radius 3 is 2.58 bits per heavy atom. The van der Waals surface area contributed by atoms with Crippen LogP contribution in [-0.4, -0.2) is 0 Å². The van der Waals surface area contributed by atoms with E-state index >= 15 is 0 Å². The summed E-state index contributed by atoms with van der Waals surface area (Å²) in [6.07, 6.45) is 2.19. The Bertz CT molecular complexity index is 314. The zero-order valence-electron chi connectivity index (χ0n) is 7.30. The van der Waals surface area contributed by atoms with Gasteiger partial charge < -0.3 is 11.5 Å². The summed E-state index contributed by atoms with van der Waals surface area (Å²) in [4.78, 5) is 0. The maximum atomic E-state index is 6.08. The average molecular weight is 162 g/mol. The number of nitrogen functional groups attached to an aromatic ring is 1. The van der Waals surface area contributed by atoms with E-state index < -0.39 is 0 Å². The third kappa shape index (κ3) is 0.994. The predicted molar refractivity (Wildman–Crippen MR) is 50.7 cm³/mol. The second-order valence-corrected chi connectivity index (χ2v) is 3.68. The molecule has 1 saturated carbocycles. The Kier molecular flexibility index (Phi) is 1.42. The average Bonchev–Trinajstić information content (AvgIpc) is 2.75. The van der Waals surface area contributed by atoms with Crippen LogP contribution in [0.3, 0.4) is 0 Å². The zero-order chi connectivity index (χ0) is 8.77. The summed E-state index contributed by atoms with van der Waals surface area (Å²) >= 11 is 0. The number of hydrogen-bond acceptors (Lipinski definition) is 2. The van der Waals surface area contributed by atoms with Gasteiger partial charge in [-0.1, -0.05) is 12.1 Å². The van der Waals surface area contributed by atoms with E-state index in [0.717, 1.165) is 24.1 Å². The Labute approximate surface area is 72.6 Å². The van der Waals surface area contributed by atoms with Gasteiger partial charge in [0.15, 0.2) is 0 Å². The van der Waals surface area contributed by atoms with E-state index in [1.54, 1.807) is 0 Å². The van der Waals surface area contributed by atoms with Gasteiger partial charge in [-0.05, 0) is 37.0 Å². The largest absolute Gasteiger partial charge is 0.399 e. The first-order valence-electron chi connectivity index (χ1n) is 4.28. The lowest BCUT2D eigenvalue weighted by atomic mass is 9.99. The maximum absolute atomic E-state index is 6.08. The minimum absolute atomic E-state index is 0.0561. The fourth-order valence-electron chi connectivity index (χ4n) is 1.60. The fraction of sp³-hybridized carbons (Fsp3) is 0.400. The summed E-state index contributed by atoms with van der Waals surface area (Å²) in [5.41, 5.74) is 15.0. The Hall–Kier alpha value is -1.02. The fourth-order valence-corrected chi connectivity index (χ4v) is 1.60. The van der Waals surface area contributed by atoms with E-state index in [4.69, 9.17) is 11.5 Å². The highest BCUT2D eigenvalue weighted by Crippen LogP contribution is 2.44. The van der Waals surface area contributed by atoms with Gasteiger partial charge in [-0.3, -0.25) is 0 Å². The minimum Gasteiger partial charge on any atom is -0.399 e. The molecule has 64 valence electrons. The van der Waals surface area contributed by atoms with Crippen molar-refractivity contribution in [3.05, 3.63) is 29.3 Å². The molecule has 0 aliphatic heterocycles. The Morgan fingerprint density at radius 1 is 1.33 bits per heavy atom. The van der Waals surface area contributed by atoms with E-state index in [-0.39, 0.29) is 5.54 Å². The smallest absolute Gasteiger partial charge is 0.0414 e. The Balaban J connectivity index is 2.51. The highest BCUT2D eigenvalue weighted by atomic mass is 14.8. The lowest BCUT2D eigenvalue weighted by molar-refractivity contribution is 0.734. The monoisotopic (exact) mass is 162 g/mol. The number of rotatable bonds is 1. The molecule has 4 N–H and O–H groups in total. The SMILES string of the molecule is Cc1c(N)cccc1C1(N)CC1. The number of hydrogen-bond donors (Lipinski definition) is 2. The second-order valence-electron chi connectivity index (χ2n) is 3.68. The predicted octanol–water partition coefficient (Wildman–Crippen LogP) is 1.53. The molecule has 0 bridgehead atoms. The standard InChI is InChI=1S/C10H14N2/c1-7-8(10(12)5-6-10)3-2-4-9(7)11/h2-4H,5-6,11-12H2,1H3. The van der Waals surface area contributed by atoms with E-state index in [1.807, 2.05) is 19.1 Å². The van der Waals surface area contributed by atoms with Gasteiger partial charge in [-0.15, -0.1) is 0 Å². The maximum Gasteiger partial charge on any atom is 0.0414 e. The van der Waals surface area contributed by atoms with Gasteiger partial charge in [0.25, 0.3) is 0 Å². The number of benzene rings is 1. The van der Waals surface area contributed by atoms with E-state index in [9.17, 15) is 0 Å². The molecule has 0 saturated heterocycles. The van der Waals surface area contributed by atoms with Crippen LogP contribution in [0.15, 0.2) is 18.2 Å². The second kappa shape index (κ2) is 2.23. The van der Waals surface area contributed by atoms with Crippen LogP contribution in [0.1, 0.15) is 24.0 Å². The van der Waals surface area contributed by atoms with Crippen LogP contribution in [0.25, 0.3) is 0 Å². The summed E-state index contributed by atoms with van der Waals surface area (Å²) in [6, 6.07) is 5.98. The van der Waals surface area contributed by atoms with Gasteiger partial charge in [0.1, 0.15) is 0 Å². The first-order valence-corrected chi connectivity index (χ1v) is 4.28. The number of anilines is 1. The van der Waals surface area contributed by atoms with E-state index in [2.05, 4.69) is 6.07 Å². The molecule has 1 fully saturated rings. The molecular formula is C10H14N2. The molecule has 0 radical (unpaired) electrons. The van der Waals surface area contributed by atoms with Crippen molar-refractivity contribution < 1.29 is 0 Å². The van der Waals surface area contributed by atoms with Gasteiger partial charge in [0, 0.05) is 11.2 Å². The van der Waals surface area contributed by atoms with Crippen LogP contribution >= 0.6 is 0 Å². The summed E-state index contributed by atoms with van der Waals surface area (Å²) < 4.78 is 0. The lowest BCUT2D eigenvalue weighted by Crippen LogP contribution is -2.20. The highest BCUT2D eigenvalue weighted by Gasteiger charge is 2.41. The van der Waals surface area contributed by atoms with Crippen molar-refractivity contribution >= 4 is 5.69 Å². The lowest BCUT2D eigenvalue weighted by Gasteiger charge is -2.13. The third-order valence-corrected chi connectivity index (χ3v) is 2.70. The molecule has 0 atom stereocenters. The van der Waals surface area contributed by atoms with Crippen LogP contribution in [0.5, 0.6) is 0 Å². The van der Waals surface area contributed by atoms with Crippen LogP contribution in [0, 0.1) is 6.92 Å². The van der Waals surface area contributed by atoms with Crippen molar-refractivity contribution in [2.45, 2.75) is 25.3 Å². The van der Waals surface area contributed by atoms with Crippen LogP contribution in [0.4, 0.5) is 5.69 Å². The van der Waals surface area contributed by atoms with Crippen LogP contribution in [0.2, 0.25) is 0 Å². The summed E-state index contributed by atoms with van der Waals surface area (Å²) in [7, 11) is 0. The molecule has 12 heavy (non-hydrogen) atoms. The van der Waals surface area contributed by atoms with Crippen molar-refractivity contribution in [1.29, 1.82) is 0 Å². The minimum atomic E-state index is -0.0561. The molecule has 2 nitrogen and oxygen atoms in total. The normalized spacial score (nSPS) is 19.2. The van der Waals surface area contributed by atoms with E-state index in [0.29, 0.717) is 0 Å². The molecule has 0 amide bonds. The van der Waals surface area contributed by atoms with Crippen LogP contribution in [-0.2, 0) is 5.54 Å². The topological polar surface area (TPSA) is 52.0 Å². The highest BCUT2D eigenvalue weighted by molar-refractivity contribution is 5.53. The molecular weight excluding hydrogens is 148 g/mol. The number of nitrogens with two attached hydrogens (primary N) is 2. The quantitative estimate of drug-likeness (QED) is 0.615. The molecule has 0 spiro atoms. The third-order valence-electron chi connectivity index (χ3n) is 2.70. The molecule has 0 aromatic heterocycles. The van der Waals surface area contributed by atoms with E-state index in [1.165, 1.54) is 5.56 Å². The first kappa shape index (κ1) is 7.62. The molecule has 0 heterocycles. The molecule has 1 aliphatic carbocycles.